The number of rotatable bonds is 7. The molecule has 0 aliphatic heterocycles. The average molecular weight is 377 g/mol. The predicted molar refractivity (Wildman–Crippen MR) is 108 cm³/mol. The summed E-state index contributed by atoms with van der Waals surface area (Å²) in [5.74, 6) is -0.00935. The van der Waals surface area contributed by atoms with E-state index in [1.807, 2.05) is 62.5 Å². The molecule has 7 heteroatoms. The van der Waals surface area contributed by atoms with Crippen LogP contribution in [0.25, 0.3) is 0 Å². The topological polar surface area (TPSA) is 82.3 Å². The third-order valence-corrected chi connectivity index (χ3v) is 3.55. The Morgan fingerprint density at radius 3 is 2.27 bits per heavy atom. The van der Waals surface area contributed by atoms with Crippen molar-refractivity contribution < 1.29 is 9.59 Å². The molecule has 26 heavy (non-hydrogen) atoms. The summed E-state index contributed by atoms with van der Waals surface area (Å²) < 4.78 is 0. The Bertz CT molecular complexity index is 737. The second-order valence-corrected chi connectivity index (χ2v) is 5.78. The maximum Gasteiger partial charge on any atom is 0.323 e. The molecule has 0 heterocycles. The number of carbonyl (C=O) groups is 2. The number of hydrogen-bond donors (Lipinski definition) is 4. The number of nitrogens with one attached hydrogen (secondary N) is 4. The van der Waals surface area contributed by atoms with Crippen molar-refractivity contribution in [1.82, 2.24) is 10.6 Å². The molecule has 2 aromatic rings. The summed E-state index contributed by atoms with van der Waals surface area (Å²) in [5.41, 5.74) is 3.41. The van der Waals surface area contributed by atoms with Crippen molar-refractivity contribution in [3.05, 3.63) is 59.7 Å². The molecule has 0 fully saturated rings. The molecular formula is C19H25ClN4O2. The van der Waals surface area contributed by atoms with Gasteiger partial charge < -0.3 is 21.3 Å². The van der Waals surface area contributed by atoms with E-state index in [0.29, 0.717) is 25.2 Å². The molecule has 0 aliphatic carbocycles. The normalized spacial score (nSPS) is 9.77. The summed E-state index contributed by atoms with van der Waals surface area (Å²) in [6.45, 7) is 3.04. The number of anilines is 2. The van der Waals surface area contributed by atoms with Gasteiger partial charge in [0.1, 0.15) is 0 Å². The van der Waals surface area contributed by atoms with Crippen LogP contribution in [-0.2, 0) is 11.3 Å². The van der Waals surface area contributed by atoms with Gasteiger partial charge in [0.05, 0.1) is 0 Å². The SMILES string of the molecule is CNCCC(=O)NCc1cccc(NC(=O)Nc2cccc(C)c2)c1.Cl. The second-order valence-electron chi connectivity index (χ2n) is 5.78. The molecule has 0 saturated carbocycles. The minimum Gasteiger partial charge on any atom is -0.352 e. The minimum absolute atomic E-state index is 0. The monoisotopic (exact) mass is 376 g/mol. The van der Waals surface area contributed by atoms with Crippen LogP contribution >= 0.6 is 12.4 Å². The van der Waals surface area contributed by atoms with Crippen LogP contribution in [0.15, 0.2) is 48.5 Å². The molecule has 0 saturated heterocycles. The quantitative estimate of drug-likeness (QED) is 0.598. The number of carbonyl (C=O) groups excluding carboxylic acids is 2. The fourth-order valence-electron chi connectivity index (χ4n) is 2.30. The van der Waals surface area contributed by atoms with Gasteiger partial charge in [0.15, 0.2) is 0 Å². The van der Waals surface area contributed by atoms with Gasteiger partial charge in [-0.2, -0.15) is 0 Å². The van der Waals surface area contributed by atoms with Crippen LogP contribution in [0.3, 0.4) is 0 Å². The van der Waals surface area contributed by atoms with E-state index in [1.54, 1.807) is 0 Å². The fraction of sp³-hybridized carbons (Fsp3) is 0.263. The van der Waals surface area contributed by atoms with E-state index in [1.165, 1.54) is 0 Å². The first-order valence-electron chi connectivity index (χ1n) is 8.22. The third-order valence-electron chi connectivity index (χ3n) is 3.55. The van der Waals surface area contributed by atoms with Gasteiger partial charge in [0.25, 0.3) is 0 Å². The second kappa shape index (κ2) is 11.1. The van der Waals surface area contributed by atoms with E-state index in [9.17, 15) is 9.59 Å². The Balaban J connectivity index is 0.00000338. The first-order chi connectivity index (χ1) is 12.1. The Labute approximate surface area is 160 Å². The highest BCUT2D eigenvalue weighted by Crippen LogP contribution is 2.13. The van der Waals surface area contributed by atoms with Crippen molar-refractivity contribution in [2.24, 2.45) is 0 Å². The minimum atomic E-state index is -0.305. The Morgan fingerprint density at radius 1 is 0.962 bits per heavy atom. The van der Waals surface area contributed by atoms with Crippen molar-refractivity contribution in [2.75, 3.05) is 24.2 Å². The van der Waals surface area contributed by atoms with Crippen LogP contribution in [0, 0.1) is 6.92 Å². The standard InChI is InChI=1S/C19H24N4O2.ClH/c1-14-5-3-7-16(11-14)22-19(25)23-17-8-4-6-15(12-17)13-21-18(24)9-10-20-2;/h3-8,11-12,20H,9-10,13H2,1-2H3,(H,21,24)(H2,22,23,25);1H. The van der Waals surface area contributed by atoms with E-state index in [-0.39, 0.29) is 24.3 Å². The van der Waals surface area contributed by atoms with Crippen LogP contribution in [0.4, 0.5) is 16.2 Å². The molecule has 0 spiro atoms. The first kappa shape index (κ1) is 21.5. The maximum atomic E-state index is 12.1. The van der Waals surface area contributed by atoms with Crippen molar-refractivity contribution in [1.29, 1.82) is 0 Å². The lowest BCUT2D eigenvalue weighted by Gasteiger charge is -2.10. The van der Waals surface area contributed by atoms with Crippen LogP contribution < -0.4 is 21.3 Å². The zero-order valence-corrected chi connectivity index (χ0v) is 15.8. The molecule has 3 amide bonds. The average Bonchev–Trinajstić information content (AvgIpc) is 2.58. The van der Waals surface area contributed by atoms with E-state index >= 15 is 0 Å². The van der Waals surface area contributed by atoms with E-state index < -0.39 is 0 Å². The Morgan fingerprint density at radius 2 is 1.62 bits per heavy atom. The van der Waals surface area contributed by atoms with Gasteiger partial charge in [-0.25, -0.2) is 4.79 Å². The number of aryl methyl sites for hydroxylation is 1. The first-order valence-corrected chi connectivity index (χ1v) is 8.22. The van der Waals surface area contributed by atoms with Crippen molar-refractivity contribution >= 4 is 35.7 Å². The van der Waals surface area contributed by atoms with Crippen molar-refractivity contribution in [3.8, 4) is 0 Å². The third kappa shape index (κ3) is 7.55. The highest BCUT2D eigenvalue weighted by Gasteiger charge is 2.05. The zero-order valence-electron chi connectivity index (χ0n) is 15.0. The maximum absolute atomic E-state index is 12.1. The Kier molecular flexibility index (Phi) is 9.19. The van der Waals surface area contributed by atoms with Crippen molar-refractivity contribution in [2.45, 2.75) is 19.9 Å². The number of benzene rings is 2. The van der Waals surface area contributed by atoms with Crippen LogP contribution in [0.5, 0.6) is 0 Å². The lowest BCUT2D eigenvalue weighted by molar-refractivity contribution is -0.121. The zero-order chi connectivity index (χ0) is 18.1. The van der Waals surface area contributed by atoms with Crippen LogP contribution in [-0.4, -0.2) is 25.5 Å². The van der Waals surface area contributed by atoms with E-state index in [0.717, 1.165) is 16.8 Å². The van der Waals surface area contributed by atoms with Gasteiger partial charge in [-0.1, -0.05) is 24.3 Å². The highest BCUT2D eigenvalue weighted by atomic mass is 35.5. The van der Waals surface area contributed by atoms with Crippen LogP contribution in [0.2, 0.25) is 0 Å². The smallest absolute Gasteiger partial charge is 0.323 e. The van der Waals surface area contributed by atoms with Gasteiger partial charge in [0, 0.05) is 30.9 Å². The number of halogens is 1. The highest BCUT2D eigenvalue weighted by molar-refractivity contribution is 5.99. The summed E-state index contributed by atoms with van der Waals surface area (Å²) in [4.78, 5) is 23.7. The van der Waals surface area contributed by atoms with Gasteiger partial charge >= 0.3 is 6.03 Å². The van der Waals surface area contributed by atoms with Crippen molar-refractivity contribution in [3.63, 3.8) is 0 Å². The molecule has 0 aromatic heterocycles. The summed E-state index contributed by atoms with van der Waals surface area (Å²) >= 11 is 0. The van der Waals surface area contributed by atoms with Gasteiger partial charge in [-0.3, -0.25) is 4.79 Å². The number of urea groups is 1. The molecule has 140 valence electrons. The molecule has 4 N–H and O–H groups in total. The summed E-state index contributed by atoms with van der Waals surface area (Å²) in [5, 5.41) is 11.4. The largest absolute Gasteiger partial charge is 0.352 e. The lowest BCUT2D eigenvalue weighted by atomic mass is 10.2. The molecule has 0 bridgehead atoms. The lowest BCUT2D eigenvalue weighted by Crippen LogP contribution is -2.26. The van der Waals surface area contributed by atoms with Gasteiger partial charge in [-0.05, 0) is 49.4 Å². The molecule has 0 unspecified atom stereocenters. The predicted octanol–water partition coefficient (Wildman–Crippen LogP) is 3.29. The van der Waals surface area contributed by atoms with E-state index in [2.05, 4.69) is 21.3 Å². The molecule has 6 nitrogen and oxygen atoms in total. The molecule has 0 radical (unpaired) electrons. The Hall–Kier alpha value is -2.57. The number of amides is 3. The summed E-state index contributed by atoms with van der Waals surface area (Å²) in [7, 11) is 1.81. The molecule has 2 rings (SSSR count). The summed E-state index contributed by atoms with van der Waals surface area (Å²) in [6.07, 6.45) is 0.438. The fourth-order valence-corrected chi connectivity index (χ4v) is 2.30. The summed E-state index contributed by atoms with van der Waals surface area (Å²) in [6, 6.07) is 14.7. The number of hydrogen-bond acceptors (Lipinski definition) is 3. The van der Waals surface area contributed by atoms with Gasteiger partial charge in [0.2, 0.25) is 5.91 Å². The van der Waals surface area contributed by atoms with Crippen LogP contribution in [0.1, 0.15) is 17.5 Å². The molecule has 0 aliphatic rings. The van der Waals surface area contributed by atoms with E-state index in [4.69, 9.17) is 0 Å². The molecular weight excluding hydrogens is 352 g/mol. The van der Waals surface area contributed by atoms with Gasteiger partial charge in [-0.15, -0.1) is 12.4 Å². The molecule has 0 atom stereocenters. The molecule has 2 aromatic carbocycles.